The van der Waals surface area contributed by atoms with E-state index < -0.39 is 0 Å². The highest BCUT2D eigenvalue weighted by Gasteiger charge is 2.38. The Bertz CT molecular complexity index is 466. The van der Waals surface area contributed by atoms with Crippen molar-refractivity contribution in [2.24, 2.45) is 59.2 Å². The van der Waals surface area contributed by atoms with Crippen LogP contribution < -0.4 is 0 Å². The largest absolute Gasteiger partial charge is 0.412 e. The first-order valence-corrected chi connectivity index (χ1v) is 13.5. The molecule has 0 bridgehead atoms. The van der Waals surface area contributed by atoms with Gasteiger partial charge in [-0.1, -0.05) is 40.5 Å². The van der Waals surface area contributed by atoms with E-state index in [-0.39, 0.29) is 13.8 Å². The molecule has 2 atom stereocenters. The van der Waals surface area contributed by atoms with E-state index in [1.54, 1.807) is 64.2 Å². The Morgan fingerprint density at radius 2 is 0.667 bits per heavy atom. The molecule has 182 valence electrons. The molecular formula is C28H58O2. The summed E-state index contributed by atoms with van der Waals surface area (Å²) in [6.07, 6.45) is 21.9. The van der Waals surface area contributed by atoms with Gasteiger partial charge in [-0.3, -0.25) is 0 Å². The number of hydrogen-bond donors (Lipinski definition) is 0. The van der Waals surface area contributed by atoms with E-state index in [1.807, 2.05) is 0 Å². The highest BCUT2D eigenvalue weighted by Crippen LogP contribution is 2.49. The third-order valence-corrected chi connectivity index (χ3v) is 10.8. The lowest BCUT2D eigenvalue weighted by atomic mass is 9.61. The van der Waals surface area contributed by atoms with Crippen molar-refractivity contribution >= 4 is 0 Å². The van der Waals surface area contributed by atoms with Crippen LogP contribution in [-0.4, -0.2) is 11.0 Å². The molecule has 0 radical (unpaired) electrons. The second kappa shape index (κ2) is 11.7. The first kappa shape index (κ1) is 26.2. The molecule has 2 heteroatoms. The van der Waals surface area contributed by atoms with E-state index in [4.69, 9.17) is 0 Å². The number of rotatable bonds is 3. The summed E-state index contributed by atoms with van der Waals surface area (Å²) in [5.41, 5.74) is 0. The topological polar surface area (TPSA) is 63.0 Å². The van der Waals surface area contributed by atoms with Gasteiger partial charge in [0, 0.05) is 2.85 Å². The molecule has 30 heavy (non-hydrogen) atoms. The normalized spacial score (nSPS) is 47.6. The van der Waals surface area contributed by atoms with Gasteiger partial charge in [0.2, 0.25) is 0 Å². The molecule has 4 N–H and O–H groups in total. The van der Waals surface area contributed by atoms with E-state index >= 15 is 0 Å². The average Bonchev–Trinajstić information content (AvgIpc) is 2.72. The molecule has 4 aliphatic carbocycles. The van der Waals surface area contributed by atoms with Gasteiger partial charge >= 0.3 is 0 Å². The predicted octanol–water partition coefficient (Wildman–Crippen LogP) is 7.59. The first-order valence-electron chi connectivity index (χ1n) is 13.5. The van der Waals surface area contributed by atoms with Gasteiger partial charge in [-0.25, -0.2) is 0 Å². The molecule has 0 heterocycles. The molecule has 0 saturated heterocycles. The van der Waals surface area contributed by atoms with Gasteiger partial charge in [0.05, 0.1) is 0 Å². The van der Waals surface area contributed by atoms with Crippen LogP contribution in [0, 0.1) is 59.2 Å². The van der Waals surface area contributed by atoms with Crippen molar-refractivity contribution < 1.29 is 13.8 Å². The van der Waals surface area contributed by atoms with Gasteiger partial charge in [0.15, 0.2) is 0 Å². The summed E-state index contributed by atoms with van der Waals surface area (Å²) in [6, 6.07) is 0. The quantitative estimate of drug-likeness (QED) is 0.446. The summed E-state index contributed by atoms with van der Waals surface area (Å²) in [6.45, 7) is 10.0. The van der Waals surface area contributed by atoms with Crippen molar-refractivity contribution in [3.63, 3.8) is 0 Å². The van der Waals surface area contributed by atoms with Gasteiger partial charge < -0.3 is 11.0 Å². The Kier molecular flexibility index (Phi) is 10.2. The molecule has 2 unspecified atom stereocenters. The van der Waals surface area contributed by atoms with Crippen LogP contribution in [0.1, 0.15) is 120 Å². The predicted molar refractivity (Wildman–Crippen MR) is 134 cm³/mol. The van der Waals surface area contributed by atoms with Crippen molar-refractivity contribution in [3.05, 3.63) is 0 Å². The minimum atomic E-state index is 0. The van der Waals surface area contributed by atoms with Crippen LogP contribution in [0.25, 0.3) is 0 Å². The summed E-state index contributed by atoms with van der Waals surface area (Å²) in [4.78, 5) is 0. The van der Waals surface area contributed by atoms with Crippen molar-refractivity contribution in [3.8, 4) is 0 Å². The highest BCUT2D eigenvalue weighted by atomic mass is 16.0. The van der Waals surface area contributed by atoms with Crippen LogP contribution in [0.2, 0.25) is 0 Å². The summed E-state index contributed by atoms with van der Waals surface area (Å²) in [5, 5.41) is 0. The maximum atomic E-state index is 2.53. The molecule has 0 amide bonds. The molecule has 0 aromatic carbocycles. The molecule has 0 spiro atoms. The summed E-state index contributed by atoms with van der Waals surface area (Å²) in [7, 11) is 0. The van der Waals surface area contributed by atoms with Crippen LogP contribution in [0.15, 0.2) is 0 Å². The van der Waals surface area contributed by atoms with Crippen molar-refractivity contribution in [2.45, 2.75) is 118 Å². The Hall–Kier alpha value is -0.0800. The zero-order valence-electron chi connectivity index (χ0n) is 20.7. The highest BCUT2D eigenvalue weighted by molar-refractivity contribution is 4.89. The van der Waals surface area contributed by atoms with Crippen LogP contribution in [-0.2, 0) is 0 Å². The van der Waals surface area contributed by atoms with Crippen LogP contribution in [0.4, 0.5) is 0 Å². The van der Waals surface area contributed by atoms with Gasteiger partial charge in [0.25, 0.3) is 0 Å². The van der Waals surface area contributed by atoms with Crippen LogP contribution in [0.5, 0.6) is 0 Å². The molecule has 4 saturated carbocycles. The molecule has 4 fully saturated rings. The Labute approximate surface area is 191 Å². The summed E-state index contributed by atoms with van der Waals surface area (Å²) in [5.74, 6) is 10.4. The molecule has 4 rings (SSSR count). The molecular weight excluding hydrogens is 368 g/mol. The Morgan fingerprint density at radius 3 is 1.00 bits per heavy atom. The number of hydrogen-bond acceptors (Lipinski definition) is 0. The molecule has 2 nitrogen and oxygen atoms in total. The third-order valence-electron chi connectivity index (χ3n) is 10.8. The van der Waals surface area contributed by atoms with Gasteiger partial charge in [0.1, 0.15) is 0 Å². The Morgan fingerprint density at radius 1 is 0.400 bits per heavy atom. The zero-order valence-corrected chi connectivity index (χ0v) is 20.7. The fourth-order valence-electron chi connectivity index (χ4n) is 8.36. The lowest BCUT2D eigenvalue weighted by Gasteiger charge is -2.45. The van der Waals surface area contributed by atoms with Gasteiger partial charge in [-0.05, 0) is 136 Å². The molecule has 0 aliphatic heterocycles. The van der Waals surface area contributed by atoms with E-state index in [1.165, 1.54) is 25.7 Å². The SMILES string of the molecule is CC1CCC(C2CCC(C3CCC(C4CC(C)C(C)C(C)C4)CC3)CC2)CC1.O.O.[HH].[HH]. The van der Waals surface area contributed by atoms with E-state index in [0.717, 1.165) is 59.2 Å². The van der Waals surface area contributed by atoms with E-state index in [2.05, 4.69) is 27.7 Å². The lowest BCUT2D eigenvalue weighted by Crippen LogP contribution is -2.34. The second-order valence-electron chi connectivity index (χ2n) is 12.4. The lowest BCUT2D eigenvalue weighted by molar-refractivity contribution is 0.0594. The molecule has 0 aromatic heterocycles. The van der Waals surface area contributed by atoms with Gasteiger partial charge in [-0.15, -0.1) is 0 Å². The molecule has 0 aromatic rings. The minimum absolute atomic E-state index is 0. The first-order chi connectivity index (χ1) is 13.5. The van der Waals surface area contributed by atoms with E-state index in [9.17, 15) is 0 Å². The minimum Gasteiger partial charge on any atom is -0.412 e. The van der Waals surface area contributed by atoms with Crippen LogP contribution >= 0.6 is 0 Å². The average molecular weight is 427 g/mol. The fourth-order valence-corrected chi connectivity index (χ4v) is 8.36. The van der Waals surface area contributed by atoms with E-state index in [0.29, 0.717) is 0 Å². The molecule has 4 aliphatic rings. The second-order valence-corrected chi connectivity index (χ2v) is 12.4. The van der Waals surface area contributed by atoms with Crippen molar-refractivity contribution in [1.29, 1.82) is 0 Å². The van der Waals surface area contributed by atoms with Crippen molar-refractivity contribution in [2.75, 3.05) is 0 Å². The zero-order chi connectivity index (χ0) is 19.7. The summed E-state index contributed by atoms with van der Waals surface area (Å²) < 4.78 is 0. The van der Waals surface area contributed by atoms with Crippen molar-refractivity contribution in [1.82, 2.24) is 0 Å². The summed E-state index contributed by atoms with van der Waals surface area (Å²) >= 11 is 0. The third kappa shape index (κ3) is 6.03. The maximum Gasteiger partial charge on any atom is 0 e. The van der Waals surface area contributed by atoms with Gasteiger partial charge in [-0.2, -0.15) is 0 Å². The monoisotopic (exact) mass is 426 g/mol. The smallest absolute Gasteiger partial charge is 0 e. The maximum absolute atomic E-state index is 2.53. The Balaban J connectivity index is 0.00000240. The van der Waals surface area contributed by atoms with Crippen LogP contribution in [0.3, 0.4) is 0 Å². The fraction of sp³-hybridized carbons (Fsp3) is 1.00. The standard InChI is InChI=1S/C28H50.2H2O.2H2/c1-19-5-7-23(8-6-19)24-9-11-25(12-10-24)26-13-15-27(16-14-26)28-17-20(2)22(4)21(3)18-28;;;;/h19-28H,5-18H2,1-4H3;2*1H2;2*1H.